The number of rotatable bonds is 2. The van der Waals surface area contributed by atoms with Crippen LogP contribution in [0.3, 0.4) is 0 Å². The molecule has 1 aliphatic heterocycles. The number of nitrogens with one attached hydrogen (secondary N) is 1. The van der Waals surface area contributed by atoms with E-state index in [0.29, 0.717) is 5.69 Å². The first-order chi connectivity index (χ1) is 9.32. The van der Waals surface area contributed by atoms with Gasteiger partial charge in [0.15, 0.2) is 0 Å². The highest BCUT2D eigenvalue weighted by molar-refractivity contribution is 5.95. The Labute approximate surface area is 120 Å². The summed E-state index contributed by atoms with van der Waals surface area (Å²) < 4.78 is 5.74. The third-order valence-electron chi connectivity index (χ3n) is 4.51. The van der Waals surface area contributed by atoms with Crippen LogP contribution in [0, 0.1) is 25.7 Å². The monoisotopic (exact) mass is 276 g/mol. The molecular weight excluding hydrogens is 252 g/mol. The van der Waals surface area contributed by atoms with Crippen molar-refractivity contribution in [2.24, 2.45) is 11.8 Å². The topological polar surface area (TPSA) is 64.3 Å². The van der Waals surface area contributed by atoms with E-state index in [9.17, 15) is 4.79 Å². The van der Waals surface area contributed by atoms with Crippen molar-refractivity contribution < 1.29 is 9.53 Å². The van der Waals surface area contributed by atoms with Gasteiger partial charge in [0.25, 0.3) is 0 Å². The first-order valence-electron chi connectivity index (χ1n) is 7.15. The summed E-state index contributed by atoms with van der Waals surface area (Å²) >= 11 is 0. The van der Waals surface area contributed by atoms with Gasteiger partial charge in [0, 0.05) is 11.4 Å². The molecule has 1 amide bonds. The molecule has 110 valence electrons. The Morgan fingerprint density at radius 1 is 1.20 bits per heavy atom. The van der Waals surface area contributed by atoms with Crippen LogP contribution >= 0.6 is 0 Å². The van der Waals surface area contributed by atoms with Crippen molar-refractivity contribution in [3.63, 3.8) is 0 Å². The van der Waals surface area contributed by atoms with Gasteiger partial charge in [0.1, 0.15) is 0 Å². The normalized spacial score (nSPS) is 29.4. The molecule has 0 aromatic heterocycles. The number of hydrogen-bond acceptors (Lipinski definition) is 3. The van der Waals surface area contributed by atoms with Crippen LogP contribution in [0.2, 0.25) is 0 Å². The van der Waals surface area contributed by atoms with Crippen LogP contribution < -0.4 is 11.1 Å². The van der Waals surface area contributed by atoms with Gasteiger partial charge in [0.05, 0.1) is 18.1 Å². The lowest BCUT2D eigenvalue weighted by Crippen LogP contribution is -2.32. The van der Waals surface area contributed by atoms with Crippen LogP contribution in [0.5, 0.6) is 0 Å². The molecule has 0 aliphatic carbocycles. The number of anilines is 2. The molecule has 4 heteroatoms. The van der Waals surface area contributed by atoms with Crippen molar-refractivity contribution in [3.05, 3.63) is 23.3 Å². The second-order valence-electron chi connectivity index (χ2n) is 5.89. The minimum absolute atomic E-state index is 0.0196. The Balaban J connectivity index is 2.23. The molecule has 1 heterocycles. The zero-order valence-corrected chi connectivity index (χ0v) is 12.9. The van der Waals surface area contributed by atoms with E-state index in [-0.39, 0.29) is 30.0 Å². The molecule has 4 unspecified atom stereocenters. The standard InChI is InChI=1S/C16H24N2O2/c1-8-6-7-13(17)10(3)15(8)18-16(19)14-9(2)11(4)20-12(14)5/h6-7,9,11-12,14H,17H2,1-5H3,(H,18,19). The molecule has 1 saturated heterocycles. The smallest absolute Gasteiger partial charge is 0.230 e. The highest BCUT2D eigenvalue weighted by Crippen LogP contribution is 2.34. The van der Waals surface area contributed by atoms with Crippen LogP contribution in [0.1, 0.15) is 31.9 Å². The van der Waals surface area contributed by atoms with Crippen LogP contribution in [-0.4, -0.2) is 18.1 Å². The Kier molecular flexibility index (Phi) is 4.04. The second kappa shape index (κ2) is 5.44. The lowest BCUT2D eigenvalue weighted by Gasteiger charge is -2.20. The number of nitrogen functional groups attached to an aromatic ring is 1. The van der Waals surface area contributed by atoms with Crippen molar-refractivity contribution in [2.75, 3.05) is 11.1 Å². The maximum absolute atomic E-state index is 12.6. The lowest BCUT2D eigenvalue weighted by molar-refractivity contribution is -0.121. The average Bonchev–Trinajstić information content (AvgIpc) is 2.63. The van der Waals surface area contributed by atoms with Gasteiger partial charge in [-0.05, 0) is 50.8 Å². The molecule has 1 aromatic rings. The van der Waals surface area contributed by atoms with Crippen molar-refractivity contribution in [1.29, 1.82) is 0 Å². The number of amides is 1. The molecule has 1 aromatic carbocycles. The lowest BCUT2D eigenvalue weighted by atomic mass is 9.88. The summed E-state index contributed by atoms with van der Waals surface area (Å²) in [5.41, 5.74) is 9.39. The van der Waals surface area contributed by atoms with Crippen LogP contribution in [0.15, 0.2) is 12.1 Å². The highest BCUT2D eigenvalue weighted by atomic mass is 16.5. The minimum atomic E-state index is -0.120. The Morgan fingerprint density at radius 2 is 1.85 bits per heavy atom. The summed E-state index contributed by atoms with van der Waals surface area (Å²) in [6.45, 7) is 9.95. The minimum Gasteiger partial charge on any atom is -0.398 e. The van der Waals surface area contributed by atoms with Gasteiger partial charge >= 0.3 is 0 Å². The van der Waals surface area contributed by atoms with Crippen molar-refractivity contribution in [3.8, 4) is 0 Å². The molecule has 1 aliphatic rings. The van der Waals surface area contributed by atoms with E-state index in [2.05, 4.69) is 12.2 Å². The van der Waals surface area contributed by atoms with Gasteiger partial charge in [-0.3, -0.25) is 4.79 Å². The first-order valence-corrected chi connectivity index (χ1v) is 7.15. The fraction of sp³-hybridized carbons (Fsp3) is 0.562. The molecule has 0 radical (unpaired) electrons. The Hall–Kier alpha value is -1.55. The summed E-state index contributed by atoms with van der Waals surface area (Å²) in [7, 11) is 0. The maximum Gasteiger partial charge on any atom is 0.230 e. The van der Waals surface area contributed by atoms with Crippen molar-refractivity contribution >= 4 is 17.3 Å². The van der Waals surface area contributed by atoms with Gasteiger partial charge in [-0.1, -0.05) is 13.0 Å². The predicted octanol–water partition coefficient (Wildman–Crippen LogP) is 2.88. The predicted molar refractivity (Wildman–Crippen MR) is 81.6 cm³/mol. The molecule has 3 N–H and O–H groups in total. The number of nitrogens with two attached hydrogens (primary N) is 1. The van der Waals surface area contributed by atoms with Gasteiger partial charge in [-0.25, -0.2) is 0 Å². The number of carbonyl (C=O) groups excluding carboxylic acids is 1. The SMILES string of the molecule is Cc1ccc(N)c(C)c1NC(=O)C1C(C)OC(C)C1C. The summed E-state index contributed by atoms with van der Waals surface area (Å²) in [6, 6.07) is 3.80. The number of carbonyl (C=O) groups is 1. The molecule has 2 rings (SSSR count). The van der Waals surface area contributed by atoms with Crippen molar-refractivity contribution in [2.45, 2.75) is 46.8 Å². The number of aryl methyl sites for hydroxylation is 1. The summed E-state index contributed by atoms with van der Waals surface area (Å²) in [4.78, 5) is 12.6. The zero-order chi connectivity index (χ0) is 15.0. The van der Waals surface area contributed by atoms with E-state index in [4.69, 9.17) is 10.5 Å². The van der Waals surface area contributed by atoms with Gasteiger partial charge in [0.2, 0.25) is 5.91 Å². The van der Waals surface area contributed by atoms with Crippen LogP contribution in [0.25, 0.3) is 0 Å². The molecule has 20 heavy (non-hydrogen) atoms. The first kappa shape index (κ1) is 14.9. The second-order valence-corrected chi connectivity index (χ2v) is 5.89. The maximum atomic E-state index is 12.6. The quantitative estimate of drug-likeness (QED) is 0.816. The summed E-state index contributed by atoms with van der Waals surface area (Å²) in [6.07, 6.45) is 0.0606. The average molecular weight is 276 g/mol. The van der Waals surface area contributed by atoms with E-state index >= 15 is 0 Å². The molecule has 4 nitrogen and oxygen atoms in total. The fourth-order valence-corrected chi connectivity index (χ4v) is 2.98. The van der Waals surface area contributed by atoms with Crippen LogP contribution in [0.4, 0.5) is 11.4 Å². The molecule has 1 fully saturated rings. The van der Waals surface area contributed by atoms with E-state index in [1.807, 2.05) is 39.8 Å². The largest absolute Gasteiger partial charge is 0.398 e. The number of hydrogen-bond donors (Lipinski definition) is 2. The molecule has 0 saturated carbocycles. The summed E-state index contributed by atoms with van der Waals surface area (Å²) in [5, 5.41) is 3.04. The van der Waals surface area contributed by atoms with E-state index in [1.165, 1.54) is 0 Å². The Bertz CT molecular complexity index is 527. The molecule has 0 spiro atoms. The molecule has 4 atom stereocenters. The van der Waals surface area contributed by atoms with Gasteiger partial charge in [-0.15, -0.1) is 0 Å². The van der Waals surface area contributed by atoms with Crippen LogP contribution in [-0.2, 0) is 9.53 Å². The molecular formula is C16H24N2O2. The fourth-order valence-electron chi connectivity index (χ4n) is 2.98. The third-order valence-corrected chi connectivity index (χ3v) is 4.51. The third kappa shape index (κ3) is 2.52. The van der Waals surface area contributed by atoms with E-state index in [0.717, 1.165) is 16.8 Å². The Morgan fingerprint density at radius 3 is 2.40 bits per heavy atom. The zero-order valence-electron chi connectivity index (χ0n) is 12.9. The van der Waals surface area contributed by atoms with E-state index < -0.39 is 0 Å². The van der Waals surface area contributed by atoms with Gasteiger partial charge in [-0.2, -0.15) is 0 Å². The molecule has 0 bridgehead atoms. The number of ether oxygens (including phenoxy) is 1. The highest BCUT2D eigenvalue weighted by Gasteiger charge is 2.41. The van der Waals surface area contributed by atoms with Crippen molar-refractivity contribution in [1.82, 2.24) is 0 Å². The van der Waals surface area contributed by atoms with Gasteiger partial charge < -0.3 is 15.8 Å². The van der Waals surface area contributed by atoms with E-state index in [1.54, 1.807) is 0 Å². The summed E-state index contributed by atoms with van der Waals surface area (Å²) in [5.74, 6) is 0.114. The number of benzene rings is 1.